The second kappa shape index (κ2) is 7.23. The van der Waals surface area contributed by atoms with Gasteiger partial charge in [0, 0.05) is 18.6 Å². The number of anilines is 1. The van der Waals surface area contributed by atoms with Crippen LogP contribution in [-0.4, -0.2) is 45.5 Å². The lowest BCUT2D eigenvalue weighted by molar-refractivity contribution is 0.171. The molecule has 0 spiro atoms. The molecule has 1 aliphatic rings. The molecule has 0 aromatic heterocycles. The summed E-state index contributed by atoms with van der Waals surface area (Å²) in [7, 11) is -2.01. The van der Waals surface area contributed by atoms with Gasteiger partial charge in [0.1, 0.15) is 11.9 Å². The van der Waals surface area contributed by atoms with Crippen LogP contribution in [0.3, 0.4) is 0 Å². The molecule has 1 aliphatic heterocycles. The molecule has 25 heavy (non-hydrogen) atoms. The number of nitrogens with zero attached hydrogens (tertiary/aromatic N) is 2. The first-order valence-electron chi connectivity index (χ1n) is 8.14. The number of halogens is 1. The minimum absolute atomic E-state index is 0.225. The molecule has 0 fully saturated rings. The maximum absolute atomic E-state index is 12.7. The Morgan fingerprint density at radius 1 is 1.20 bits per heavy atom. The van der Waals surface area contributed by atoms with Crippen LogP contribution in [0.5, 0.6) is 5.75 Å². The van der Waals surface area contributed by atoms with Gasteiger partial charge < -0.3 is 9.64 Å². The van der Waals surface area contributed by atoms with Crippen LogP contribution in [0.15, 0.2) is 53.4 Å². The van der Waals surface area contributed by atoms with Gasteiger partial charge in [-0.15, -0.1) is 0 Å². The highest BCUT2D eigenvalue weighted by molar-refractivity contribution is 7.89. The number of hydrogen-bond acceptors (Lipinski definition) is 4. The van der Waals surface area contributed by atoms with Gasteiger partial charge in [-0.25, -0.2) is 8.42 Å². The van der Waals surface area contributed by atoms with Crippen LogP contribution < -0.4 is 9.64 Å². The first-order chi connectivity index (χ1) is 11.9. The highest BCUT2D eigenvalue weighted by Crippen LogP contribution is 2.33. The standard InChI is InChI=1S/C18H21ClN2O3S/c1-3-21-13-15(24-18-7-5-4-6-17(18)21)12-20(2)25(22,23)16-10-8-14(19)9-11-16/h4-11,15H,3,12-13H2,1-2H3/t15-/m0/s1. The van der Waals surface area contributed by atoms with Crippen LogP contribution in [0.2, 0.25) is 5.02 Å². The Balaban J connectivity index is 1.77. The van der Waals surface area contributed by atoms with Gasteiger partial charge in [-0.3, -0.25) is 0 Å². The van der Waals surface area contributed by atoms with E-state index in [2.05, 4.69) is 11.8 Å². The number of para-hydroxylation sites is 2. The van der Waals surface area contributed by atoms with E-state index in [1.807, 2.05) is 24.3 Å². The zero-order valence-electron chi connectivity index (χ0n) is 14.2. The molecule has 7 heteroatoms. The fourth-order valence-electron chi connectivity index (χ4n) is 2.94. The van der Waals surface area contributed by atoms with Gasteiger partial charge in [0.25, 0.3) is 0 Å². The van der Waals surface area contributed by atoms with Gasteiger partial charge in [0.05, 0.1) is 23.7 Å². The molecule has 1 atom stereocenters. The molecule has 0 bridgehead atoms. The number of ether oxygens (including phenoxy) is 1. The lowest BCUT2D eigenvalue weighted by atomic mass is 10.2. The van der Waals surface area contributed by atoms with Crippen LogP contribution >= 0.6 is 11.6 Å². The van der Waals surface area contributed by atoms with Crippen molar-refractivity contribution in [1.82, 2.24) is 4.31 Å². The second-order valence-corrected chi connectivity index (χ2v) is 8.47. The molecule has 0 aliphatic carbocycles. The van der Waals surface area contributed by atoms with Gasteiger partial charge in [-0.2, -0.15) is 4.31 Å². The molecule has 0 saturated carbocycles. The van der Waals surface area contributed by atoms with E-state index >= 15 is 0 Å². The predicted molar refractivity (Wildman–Crippen MR) is 100 cm³/mol. The fraction of sp³-hybridized carbons (Fsp3) is 0.333. The Morgan fingerprint density at radius 3 is 2.56 bits per heavy atom. The second-order valence-electron chi connectivity index (χ2n) is 5.99. The largest absolute Gasteiger partial charge is 0.485 e. The van der Waals surface area contributed by atoms with Crippen LogP contribution in [0.25, 0.3) is 0 Å². The van der Waals surface area contributed by atoms with Crippen molar-refractivity contribution in [1.29, 1.82) is 0 Å². The highest BCUT2D eigenvalue weighted by atomic mass is 35.5. The van der Waals surface area contributed by atoms with Crippen molar-refractivity contribution in [2.75, 3.05) is 31.6 Å². The van der Waals surface area contributed by atoms with Crippen molar-refractivity contribution < 1.29 is 13.2 Å². The number of rotatable bonds is 5. The average molecular weight is 381 g/mol. The number of benzene rings is 2. The number of sulfonamides is 1. The monoisotopic (exact) mass is 380 g/mol. The Bertz CT molecular complexity index is 840. The molecule has 3 rings (SSSR count). The maximum Gasteiger partial charge on any atom is 0.242 e. The van der Waals surface area contributed by atoms with E-state index in [1.165, 1.54) is 16.4 Å². The van der Waals surface area contributed by atoms with Crippen LogP contribution in [0.4, 0.5) is 5.69 Å². The molecule has 134 valence electrons. The Hall–Kier alpha value is -1.76. The Labute approximate surface area is 153 Å². The third-order valence-corrected chi connectivity index (χ3v) is 6.38. The van der Waals surface area contributed by atoms with E-state index in [9.17, 15) is 8.42 Å². The molecule has 5 nitrogen and oxygen atoms in total. The summed E-state index contributed by atoms with van der Waals surface area (Å²) in [5, 5.41) is 0.507. The summed E-state index contributed by atoms with van der Waals surface area (Å²) in [5.74, 6) is 0.790. The third-order valence-electron chi connectivity index (χ3n) is 4.29. The molecule has 2 aromatic rings. The van der Waals surface area contributed by atoms with Gasteiger partial charge in [-0.1, -0.05) is 23.7 Å². The quantitative estimate of drug-likeness (QED) is 0.799. The molecule has 1 heterocycles. The molecular weight excluding hydrogens is 360 g/mol. The average Bonchev–Trinajstić information content (AvgIpc) is 2.61. The summed E-state index contributed by atoms with van der Waals surface area (Å²) in [6.45, 7) is 3.83. The van der Waals surface area contributed by atoms with Crippen molar-refractivity contribution >= 4 is 27.3 Å². The first kappa shape index (κ1) is 18.0. The SMILES string of the molecule is CCN1C[C@H](CN(C)S(=O)(=O)c2ccc(Cl)cc2)Oc2ccccc21. The van der Waals surface area contributed by atoms with E-state index in [1.54, 1.807) is 19.2 Å². The van der Waals surface area contributed by atoms with E-state index < -0.39 is 10.0 Å². The number of likely N-dealkylation sites (N-methyl/N-ethyl adjacent to an activating group) is 2. The number of fused-ring (bicyclic) bond motifs is 1. The van der Waals surface area contributed by atoms with Crippen molar-refractivity contribution in [3.8, 4) is 5.75 Å². The van der Waals surface area contributed by atoms with Crippen LogP contribution in [-0.2, 0) is 10.0 Å². The molecule has 0 saturated heterocycles. The van der Waals surface area contributed by atoms with Gasteiger partial charge in [0.15, 0.2) is 0 Å². The predicted octanol–water partition coefficient (Wildman–Crippen LogP) is 3.25. The van der Waals surface area contributed by atoms with E-state index in [4.69, 9.17) is 16.3 Å². The van der Waals surface area contributed by atoms with Gasteiger partial charge in [-0.05, 0) is 43.3 Å². The number of hydrogen-bond donors (Lipinski definition) is 0. The minimum Gasteiger partial charge on any atom is -0.485 e. The first-order valence-corrected chi connectivity index (χ1v) is 9.96. The normalized spacial score (nSPS) is 17.3. The molecular formula is C18H21ClN2O3S. The minimum atomic E-state index is -3.58. The molecule has 0 N–H and O–H groups in total. The lowest BCUT2D eigenvalue weighted by Crippen LogP contribution is -2.46. The summed E-state index contributed by atoms with van der Waals surface area (Å²) in [6, 6.07) is 14.0. The molecule has 0 radical (unpaired) electrons. The van der Waals surface area contributed by atoms with Gasteiger partial charge in [0.2, 0.25) is 10.0 Å². The van der Waals surface area contributed by atoms with Gasteiger partial charge >= 0.3 is 0 Å². The molecule has 0 unspecified atom stereocenters. The lowest BCUT2D eigenvalue weighted by Gasteiger charge is -2.36. The third kappa shape index (κ3) is 3.76. The van der Waals surface area contributed by atoms with E-state index in [0.717, 1.165) is 18.0 Å². The summed E-state index contributed by atoms with van der Waals surface area (Å²) in [6.07, 6.45) is -0.234. The molecule has 2 aromatic carbocycles. The van der Waals surface area contributed by atoms with E-state index in [0.29, 0.717) is 11.6 Å². The molecule has 0 amide bonds. The van der Waals surface area contributed by atoms with Crippen molar-refractivity contribution in [3.63, 3.8) is 0 Å². The van der Waals surface area contributed by atoms with Crippen molar-refractivity contribution in [2.24, 2.45) is 0 Å². The summed E-state index contributed by atoms with van der Waals surface area (Å²) in [4.78, 5) is 2.43. The highest BCUT2D eigenvalue weighted by Gasteiger charge is 2.29. The smallest absolute Gasteiger partial charge is 0.242 e. The van der Waals surface area contributed by atoms with Crippen molar-refractivity contribution in [3.05, 3.63) is 53.6 Å². The zero-order valence-corrected chi connectivity index (χ0v) is 15.8. The topological polar surface area (TPSA) is 49.9 Å². The van der Waals surface area contributed by atoms with Crippen LogP contribution in [0.1, 0.15) is 6.92 Å². The zero-order chi connectivity index (χ0) is 18.0. The Kier molecular flexibility index (Phi) is 5.22. The summed E-state index contributed by atoms with van der Waals surface area (Å²) < 4.78 is 32.8. The maximum atomic E-state index is 12.7. The van der Waals surface area contributed by atoms with Crippen molar-refractivity contribution in [2.45, 2.75) is 17.9 Å². The fourth-order valence-corrected chi connectivity index (χ4v) is 4.27. The van der Waals surface area contributed by atoms with Crippen LogP contribution in [0, 0.1) is 0 Å². The Morgan fingerprint density at radius 2 is 1.88 bits per heavy atom. The van der Waals surface area contributed by atoms with E-state index in [-0.39, 0.29) is 17.5 Å². The summed E-state index contributed by atoms with van der Waals surface area (Å²) in [5.41, 5.74) is 1.05. The summed E-state index contributed by atoms with van der Waals surface area (Å²) >= 11 is 5.84.